The highest BCUT2D eigenvalue weighted by molar-refractivity contribution is 6.53. The molecule has 0 atom stereocenters. The van der Waals surface area contributed by atoms with Gasteiger partial charge in [-0.25, -0.2) is 0 Å². The van der Waals surface area contributed by atoms with Crippen molar-refractivity contribution in [1.29, 1.82) is 0 Å². The molecule has 1 amide bonds. The fourth-order valence-electron chi connectivity index (χ4n) is 2.36. The molecule has 2 rings (SSSR count). The van der Waals surface area contributed by atoms with Crippen molar-refractivity contribution in [3.8, 4) is 0 Å². The van der Waals surface area contributed by atoms with Crippen molar-refractivity contribution >= 4 is 19.1 Å². The Morgan fingerprint density at radius 1 is 1.26 bits per heavy atom. The van der Waals surface area contributed by atoms with Gasteiger partial charge in [0, 0.05) is 18.7 Å². The van der Waals surface area contributed by atoms with E-state index in [0.717, 1.165) is 5.56 Å². The molecule has 0 spiro atoms. The summed E-state index contributed by atoms with van der Waals surface area (Å²) in [6.45, 7) is 13.1. The Balaban J connectivity index is 2.02. The summed E-state index contributed by atoms with van der Waals surface area (Å²) < 4.78 is 11.3. The summed E-state index contributed by atoms with van der Waals surface area (Å²) >= 11 is 0. The molecule has 0 unspecified atom stereocenters. The van der Waals surface area contributed by atoms with E-state index in [-0.39, 0.29) is 5.91 Å². The van der Waals surface area contributed by atoms with Crippen LogP contribution in [0.4, 0.5) is 0 Å². The predicted molar refractivity (Wildman–Crippen MR) is 93.9 cm³/mol. The number of nitrogens with zero attached hydrogens (tertiary/aromatic N) is 1. The largest absolute Gasteiger partial charge is 0.555 e. The van der Waals surface area contributed by atoms with Gasteiger partial charge in [0.15, 0.2) is 0 Å². The minimum absolute atomic E-state index is 0.0611. The van der Waals surface area contributed by atoms with Crippen LogP contribution in [0.1, 0.15) is 43.6 Å². The number of benzene rings is 1. The average Bonchev–Trinajstić information content (AvgIpc) is 2.79. The first-order valence-electron chi connectivity index (χ1n) is 7.98. The van der Waals surface area contributed by atoms with Gasteiger partial charge < -0.3 is 14.2 Å². The van der Waals surface area contributed by atoms with Crippen molar-refractivity contribution in [3.63, 3.8) is 0 Å². The maximum atomic E-state index is 12.3. The standard InChI is InChI=1S/C18H24BNO3/c1-6-20(7-2)17(21)16-10-8-15(9-11-16)12-13-19-22-14(3)18(4,5)23-19/h8-13H,3,6-7H2,1-2,4-5H3/b13-12+. The predicted octanol–water partition coefficient (Wildman–Crippen LogP) is 3.55. The highest BCUT2D eigenvalue weighted by Gasteiger charge is 2.39. The van der Waals surface area contributed by atoms with Gasteiger partial charge in [-0.2, -0.15) is 0 Å². The Hall–Kier alpha value is -2.01. The fraction of sp³-hybridized carbons (Fsp3) is 0.389. The number of hydrogen-bond acceptors (Lipinski definition) is 3. The summed E-state index contributed by atoms with van der Waals surface area (Å²) in [5, 5.41) is 0. The van der Waals surface area contributed by atoms with Crippen LogP contribution in [0.3, 0.4) is 0 Å². The fourth-order valence-corrected chi connectivity index (χ4v) is 2.36. The Morgan fingerprint density at radius 2 is 1.87 bits per heavy atom. The van der Waals surface area contributed by atoms with Crippen LogP contribution in [-0.2, 0) is 9.31 Å². The molecule has 1 aliphatic rings. The van der Waals surface area contributed by atoms with Crippen LogP contribution in [0.25, 0.3) is 6.08 Å². The molecule has 0 saturated carbocycles. The highest BCUT2D eigenvalue weighted by atomic mass is 16.7. The molecule has 122 valence electrons. The molecular formula is C18H24BNO3. The monoisotopic (exact) mass is 313 g/mol. The average molecular weight is 313 g/mol. The molecule has 0 aromatic heterocycles. The zero-order valence-electron chi connectivity index (χ0n) is 14.3. The second-order valence-electron chi connectivity index (χ2n) is 6.00. The number of carbonyl (C=O) groups is 1. The van der Waals surface area contributed by atoms with E-state index in [0.29, 0.717) is 24.4 Å². The Labute approximate surface area is 138 Å². The first-order valence-corrected chi connectivity index (χ1v) is 7.98. The number of carbonyl (C=O) groups excluding carboxylic acids is 1. The topological polar surface area (TPSA) is 38.8 Å². The maximum Gasteiger partial charge on any atom is 0.555 e. The summed E-state index contributed by atoms with van der Waals surface area (Å²) in [6, 6.07) is 7.53. The molecule has 1 aromatic rings. The second-order valence-corrected chi connectivity index (χ2v) is 6.00. The molecule has 0 N–H and O–H groups in total. The van der Waals surface area contributed by atoms with Crippen molar-refractivity contribution in [2.75, 3.05) is 13.1 Å². The third-order valence-corrected chi connectivity index (χ3v) is 3.99. The van der Waals surface area contributed by atoms with Crippen molar-refractivity contribution in [1.82, 2.24) is 4.90 Å². The highest BCUT2D eigenvalue weighted by Crippen LogP contribution is 2.29. The maximum absolute atomic E-state index is 12.3. The minimum atomic E-state index is -0.463. The van der Waals surface area contributed by atoms with Gasteiger partial charge in [0.25, 0.3) is 5.91 Å². The second kappa shape index (κ2) is 7.05. The molecular weight excluding hydrogens is 289 g/mol. The number of amides is 1. The molecule has 1 fully saturated rings. The van der Waals surface area contributed by atoms with E-state index in [9.17, 15) is 4.79 Å². The van der Waals surface area contributed by atoms with Gasteiger partial charge in [-0.15, -0.1) is 0 Å². The van der Waals surface area contributed by atoms with Gasteiger partial charge in [-0.3, -0.25) is 4.79 Å². The van der Waals surface area contributed by atoms with Gasteiger partial charge >= 0.3 is 7.12 Å². The van der Waals surface area contributed by atoms with Crippen LogP contribution in [-0.4, -0.2) is 36.6 Å². The quantitative estimate of drug-likeness (QED) is 0.780. The molecule has 1 aromatic carbocycles. The SMILES string of the molecule is C=C1OB(/C=C/c2ccc(C(=O)N(CC)CC)cc2)OC1(C)C. The smallest absolute Gasteiger partial charge is 0.534 e. The number of rotatable bonds is 5. The number of hydrogen-bond donors (Lipinski definition) is 0. The lowest BCUT2D eigenvalue weighted by molar-refractivity contribution is 0.0773. The zero-order chi connectivity index (χ0) is 17.0. The van der Waals surface area contributed by atoms with Gasteiger partial charge in [0.2, 0.25) is 0 Å². The van der Waals surface area contributed by atoms with Crippen LogP contribution in [0.5, 0.6) is 0 Å². The lowest BCUT2D eigenvalue weighted by Crippen LogP contribution is -2.30. The summed E-state index contributed by atoms with van der Waals surface area (Å²) in [4.78, 5) is 14.1. The third-order valence-electron chi connectivity index (χ3n) is 3.99. The van der Waals surface area contributed by atoms with Gasteiger partial charge in [0.1, 0.15) is 5.60 Å². The van der Waals surface area contributed by atoms with E-state index >= 15 is 0 Å². The van der Waals surface area contributed by atoms with E-state index in [1.807, 2.05) is 64.0 Å². The van der Waals surface area contributed by atoms with Crippen molar-refractivity contribution in [2.45, 2.75) is 33.3 Å². The summed E-state index contributed by atoms with van der Waals surface area (Å²) in [5.74, 6) is 2.54. The lowest BCUT2D eigenvalue weighted by atomic mass is 9.89. The molecule has 0 aliphatic carbocycles. The van der Waals surface area contributed by atoms with E-state index in [4.69, 9.17) is 9.31 Å². The van der Waals surface area contributed by atoms with Gasteiger partial charge in [-0.05, 0) is 51.4 Å². The van der Waals surface area contributed by atoms with Crippen LogP contribution >= 0.6 is 0 Å². The van der Waals surface area contributed by atoms with Gasteiger partial charge in [0.05, 0.1) is 5.76 Å². The van der Waals surface area contributed by atoms with E-state index in [2.05, 4.69) is 6.58 Å². The molecule has 4 nitrogen and oxygen atoms in total. The van der Waals surface area contributed by atoms with Crippen molar-refractivity contribution < 1.29 is 14.1 Å². The summed E-state index contributed by atoms with van der Waals surface area (Å²) in [6.07, 6.45) is 1.92. The van der Waals surface area contributed by atoms with Crippen LogP contribution in [0.2, 0.25) is 0 Å². The van der Waals surface area contributed by atoms with E-state index in [1.54, 1.807) is 4.90 Å². The van der Waals surface area contributed by atoms with E-state index in [1.165, 1.54) is 0 Å². The molecule has 1 heterocycles. The normalized spacial score (nSPS) is 16.7. The molecule has 5 heteroatoms. The molecule has 1 aliphatic heterocycles. The van der Waals surface area contributed by atoms with Crippen molar-refractivity contribution in [3.05, 3.63) is 53.7 Å². The minimum Gasteiger partial charge on any atom is -0.534 e. The first kappa shape index (κ1) is 17.4. The Kier molecular flexibility index (Phi) is 5.32. The van der Waals surface area contributed by atoms with Crippen LogP contribution < -0.4 is 0 Å². The lowest BCUT2D eigenvalue weighted by Gasteiger charge is -2.18. The molecule has 0 bridgehead atoms. The molecule has 23 heavy (non-hydrogen) atoms. The molecule has 1 saturated heterocycles. The van der Waals surface area contributed by atoms with Crippen LogP contribution in [0, 0.1) is 0 Å². The Morgan fingerprint density at radius 3 is 2.35 bits per heavy atom. The van der Waals surface area contributed by atoms with Gasteiger partial charge in [-0.1, -0.05) is 24.8 Å². The summed E-state index contributed by atoms with van der Waals surface area (Å²) in [5.41, 5.74) is 1.23. The zero-order valence-corrected chi connectivity index (χ0v) is 14.3. The molecule has 0 radical (unpaired) electrons. The summed E-state index contributed by atoms with van der Waals surface area (Å²) in [7, 11) is -0.422. The van der Waals surface area contributed by atoms with Crippen LogP contribution in [0.15, 0.2) is 42.6 Å². The first-order chi connectivity index (χ1) is 10.9. The Bertz CT molecular complexity index is 603. The van der Waals surface area contributed by atoms with Crippen molar-refractivity contribution in [2.24, 2.45) is 0 Å². The third kappa shape index (κ3) is 4.05. The van der Waals surface area contributed by atoms with E-state index < -0.39 is 12.7 Å².